The van der Waals surface area contributed by atoms with Crippen molar-refractivity contribution in [3.8, 4) is 16.9 Å². The molecular weight excluding hydrogens is 733 g/mol. The van der Waals surface area contributed by atoms with Crippen LogP contribution in [0.4, 0.5) is 0 Å². The second kappa shape index (κ2) is 10.1. The topological polar surface area (TPSA) is 22.2 Å². The van der Waals surface area contributed by atoms with Gasteiger partial charge in [0, 0.05) is 48.7 Å². The summed E-state index contributed by atoms with van der Waals surface area (Å²) in [6, 6.07) is 57.6. The summed E-state index contributed by atoms with van der Waals surface area (Å²) < 4.78 is 6.09. The highest BCUT2D eigenvalue weighted by molar-refractivity contribution is 14.1. The van der Waals surface area contributed by atoms with Crippen molar-refractivity contribution in [1.29, 1.82) is 0 Å². The number of benzene rings is 8. The molecule has 12 aromatic rings. The van der Waals surface area contributed by atoms with Crippen molar-refractivity contribution in [2.45, 2.75) is 0 Å². The fourth-order valence-corrected chi connectivity index (χ4v) is 9.96. The molecule has 4 heteroatoms. The van der Waals surface area contributed by atoms with Gasteiger partial charge in [-0.25, -0.2) is 4.98 Å². The van der Waals surface area contributed by atoms with E-state index in [1.165, 1.54) is 81.7 Å². The van der Waals surface area contributed by atoms with Crippen LogP contribution in [0.1, 0.15) is 0 Å². The number of hydrogen-bond acceptors (Lipinski definition) is 1. The summed E-state index contributed by atoms with van der Waals surface area (Å²) >= 11 is 2.57. The van der Waals surface area contributed by atoms with Crippen LogP contribution in [-0.2, 0) is 0 Å². The molecule has 0 aliphatic rings. The van der Waals surface area contributed by atoms with E-state index in [0.717, 1.165) is 31.2 Å². The Bertz CT molecular complexity index is 3430. The molecule has 0 radical (unpaired) electrons. The van der Waals surface area contributed by atoms with E-state index in [4.69, 9.17) is 4.98 Å². The van der Waals surface area contributed by atoms with Crippen LogP contribution in [0.3, 0.4) is 0 Å². The molecule has 0 unspecified atom stereocenters. The first-order valence-electron chi connectivity index (χ1n) is 17.3. The van der Waals surface area contributed by atoms with Crippen LogP contribution >= 0.6 is 22.6 Å². The van der Waals surface area contributed by atoms with Crippen molar-refractivity contribution >= 4 is 115 Å². The number of nitrogens with zero attached hydrogens (tertiary/aromatic N) is 3. The Morgan fingerprint density at radius 2 is 1.06 bits per heavy atom. The zero-order chi connectivity index (χ0) is 33.4. The lowest BCUT2D eigenvalue weighted by atomic mass is 9.98. The average Bonchev–Trinajstić information content (AvgIpc) is 3.82. The summed E-state index contributed by atoms with van der Waals surface area (Å²) in [6.45, 7) is 0. The molecule has 236 valence electrons. The van der Waals surface area contributed by atoms with Crippen LogP contribution < -0.4 is 0 Å². The number of fused-ring (bicyclic) bond motifs is 15. The number of rotatable bonds is 2. The van der Waals surface area contributed by atoms with Crippen molar-refractivity contribution in [1.82, 2.24) is 14.0 Å². The van der Waals surface area contributed by atoms with Crippen molar-refractivity contribution < 1.29 is 0 Å². The lowest BCUT2D eigenvalue weighted by Gasteiger charge is -2.17. The molecule has 0 bridgehead atoms. The first kappa shape index (κ1) is 27.8. The molecule has 3 nitrogen and oxygen atoms in total. The largest absolute Gasteiger partial charge is 0.308 e. The normalized spacial score (nSPS) is 12.4. The zero-order valence-corrected chi connectivity index (χ0v) is 29.4. The highest BCUT2D eigenvalue weighted by atomic mass is 127. The summed E-state index contributed by atoms with van der Waals surface area (Å²) in [7, 11) is 0. The van der Waals surface area contributed by atoms with Gasteiger partial charge in [0.2, 0.25) is 0 Å². The lowest BCUT2D eigenvalue weighted by molar-refractivity contribution is 1.09. The molecule has 0 atom stereocenters. The van der Waals surface area contributed by atoms with Crippen LogP contribution in [0.2, 0.25) is 0 Å². The standard InChI is InChI=1S/C47H26IN3/c48-44-40(29-14-2-1-3-15-29)34-24-22-28-13-5-7-17-31(28)45(34)49-47(44)51-38-25-23-27-12-4-6-16-30(27)41(38)43-39(51)26-35-32-18-8-10-20-36(32)50-37-21-11-9-19-33(37)42(43)46(35)50/h1-26H. The van der Waals surface area contributed by atoms with E-state index in [1.54, 1.807) is 0 Å². The third-order valence-corrected chi connectivity index (χ3v) is 12.1. The summed E-state index contributed by atoms with van der Waals surface area (Å²) in [4.78, 5) is 5.70. The Morgan fingerprint density at radius 1 is 0.431 bits per heavy atom. The molecule has 51 heavy (non-hydrogen) atoms. The molecule has 4 heterocycles. The van der Waals surface area contributed by atoms with Crippen molar-refractivity contribution in [3.63, 3.8) is 0 Å². The van der Waals surface area contributed by atoms with Crippen LogP contribution in [0.15, 0.2) is 158 Å². The Morgan fingerprint density at radius 3 is 1.86 bits per heavy atom. The third kappa shape index (κ3) is 3.55. The number of para-hydroxylation sites is 2. The predicted molar refractivity (Wildman–Crippen MR) is 224 cm³/mol. The van der Waals surface area contributed by atoms with E-state index >= 15 is 0 Å². The highest BCUT2D eigenvalue weighted by Crippen LogP contribution is 2.49. The second-order valence-corrected chi connectivity index (χ2v) is 14.7. The fourth-order valence-electron chi connectivity index (χ4n) is 9.00. The molecular formula is C47H26IN3. The fraction of sp³-hybridized carbons (Fsp3) is 0. The smallest absolute Gasteiger partial charge is 0.152 e. The van der Waals surface area contributed by atoms with Crippen molar-refractivity contribution in [2.24, 2.45) is 0 Å². The van der Waals surface area contributed by atoms with Gasteiger partial charge in [-0.1, -0.05) is 133 Å². The van der Waals surface area contributed by atoms with Gasteiger partial charge < -0.3 is 4.40 Å². The minimum atomic E-state index is 0.954. The Kier molecular flexibility index (Phi) is 5.48. The van der Waals surface area contributed by atoms with Gasteiger partial charge in [-0.2, -0.15) is 0 Å². The summed E-state index contributed by atoms with van der Waals surface area (Å²) in [5.41, 5.74) is 9.52. The van der Waals surface area contributed by atoms with Crippen LogP contribution in [0, 0.1) is 3.57 Å². The quantitative estimate of drug-likeness (QED) is 0.127. The summed E-state index contributed by atoms with van der Waals surface area (Å²) in [6.07, 6.45) is 0. The van der Waals surface area contributed by atoms with Gasteiger partial charge in [-0.05, 0) is 68.6 Å². The minimum Gasteiger partial charge on any atom is -0.308 e. The number of halogens is 1. The van der Waals surface area contributed by atoms with Gasteiger partial charge in [0.15, 0.2) is 5.82 Å². The monoisotopic (exact) mass is 759 g/mol. The van der Waals surface area contributed by atoms with E-state index in [1.807, 2.05) is 0 Å². The first-order chi connectivity index (χ1) is 25.3. The number of pyridine rings is 1. The Balaban J connectivity index is 1.38. The highest BCUT2D eigenvalue weighted by Gasteiger charge is 2.27. The molecule has 0 amide bonds. The van der Waals surface area contributed by atoms with E-state index in [9.17, 15) is 0 Å². The average molecular weight is 760 g/mol. The van der Waals surface area contributed by atoms with Gasteiger partial charge in [0.05, 0.1) is 36.7 Å². The maximum absolute atomic E-state index is 5.70. The molecule has 0 aliphatic carbocycles. The van der Waals surface area contributed by atoms with Crippen molar-refractivity contribution in [2.75, 3.05) is 0 Å². The minimum absolute atomic E-state index is 0.954. The Hall–Kier alpha value is -5.98. The van der Waals surface area contributed by atoms with Crippen LogP contribution in [0.25, 0.3) is 109 Å². The molecule has 0 spiro atoms. The maximum atomic E-state index is 5.70. The van der Waals surface area contributed by atoms with Gasteiger partial charge in [0.25, 0.3) is 0 Å². The first-order valence-corrected chi connectivity index (χ1v) is 18.4. The molecule has 0 N–H and O–H groups in total. The SMILES string of the molecule is Ic1c(-n2c3ccc4ccccc4c3c3c4c5ccccc5n5c6ccccc6c(cc32)c45)nc2c(ccc3ccccc32)c1-c1ccccc1. The third-order valence-electron chi connectivity index (χ3n) is 11.1. The van der Waals surface area contributed by atoms with Gasteiger partial charge in [-0.15, -0.1) is 0 Å². The second-order valence-electron chi connectivity index (χ2n) is 13.6. The van der Waals surface area contributed by atoms with E-state index in [2.05, 4.69) is 189 Å². The lowest BCUT2D eigenvalue weighted by Crippen LogP contribution is -2.04. The Labute approximate surface area is 305 Å². The van der Waals surface area contributed by atoms with Gasteiger partial charge >= 0.3 is 0 Å². The summed E-state index contributed by atoms with van der Waals surface area (Å²) in [5, 5.41) is 13.7. The van der Waals surface area contributed by atoms with Gasteiger partial charge in [-0.3, -0.25) is 4.57 Å². The zero-order valence-electron chi connectivity index (χ0n) is 27.2. The van der Waals surface area contributed by atoms with Gasteiger partial charge in [0.1, 0.15) is 0 Å². The predicted octanol–water partition coefficient (Wildman–Crippen LogP) is 13.1. The molecule has 0 aliphatic heterocycles. The summed E-state index contributed by atoms with van der Waals surface area (Å²) in [5.74, 6) is 0.954. The molecule has 0 saturated carbocycles. The van der Waals surface area contributed by atoms with E-state index in [-0.39, 0.29) is 0 Å². The van der Waals surface area contributed by atoms with E-state index in [0.29, 0.717) is 0 Å². The van der Waals surface area contributed by atoms with Crippen molar-refractivity contribution in [3.05, 3.63) is 161 Å². The molecule has 4 aromatic heterocycles. The number of hydrogen-bond donors (Lipinski definition) is 0. The molecule has 12 rings (SSSR count). The maximum Gasteiger partial charge on any atom is 0.152 e. The van der Waals surface area contributed by atoms with Crippen LogP contribution in [0.5, 0.6) is 0 Å². The molecule has 0 fully saturated rings. The number of aromatic nitrogens is 3. The molecule has 8 aromatic carbocycles. The molecule has 0 saturated heterocycles. The van der Waals surface area contributed by atoms with Crippen LogP contribution in [-0.4, -0.2) is 14.0 Å². The van der Waals surface area contributed by atoms with E-state index < -0.39 is 0 Å².